The first-order valence-corrected chi connectivity index (χ1v) is 15.1. The van der Waals surface area contributed by atoms with E-state index >= 15 is 0 Å². The van der Waals surface area contributed by atoms with Crippen LogP contribution >= 0.6 is 0 Å². The highest BCUT2D eigenvalue weighted by molar-refractivity contribution is 5.96. The van der Waals surface area contributed by atoms with E-state index < -0.39 is 12.1 Å². The maximum Gasteiger partial charge on any atom is 0.319 e. The lowest BCUT2D eigenvalue weighted by atomic mass is 9.91. The van der Waals surface area contributed by atoms with E-state index in [0.717, 1.165) is 56.1 Å². The SMILES string of the molecule is Cn1nnnc1-c1cccc(NC(=O)N[C@@H](CC(=O)N2CCC[C@@H](Cc3ccc(F)cc3)C2)C(=O)N2CCCCCC2)c1. The van der Waals surface area contributed by atoms with Crippen molar-refractivity contribution in [3.63, 3.8) is 0 Å². The average molecular weight is 591 g/mol. The lowest BCUT2D eigenvalue weighted by molar-refractivity contribution is -0.139. The molecule has 5 rings (SSSR count). The number of halogens is 1. The largest absolute Gasteiger partial charge is 0.342 e. The Hall–Kier alpha value is -4.35. The maximum absolute atomic E-state index is 13.7. The summed E-state index contributed by atoms with van der Waals surface area (Å²) in [5, 5.41) is 17.1. The molecule has 43 heavy (non-hydrogen) atoms. The highest BCUT2D eigenvalue weighted by Crippen LogP contribution is 2.23. The number of benzene rings is 2. The van der Waals surface area contributed by atoms with Crippen LogP contribution in [-0.4, -0.2) is 80.1 Å². The van der Waals surface area contributed by atoms with Crippen LogP contribution in [-0.2, 0) is 23.1 Å². The van der Waals surface area contributed by atoms with Crippen molar-refractivity contribution in [1.29, 1.82) is 0 Å². The number of anilines is 1. The average Bonchev–Trinajstić information content (AvgIpc) is 3.25. The monoisotopic (exact) mass is 590 g/mol. The van der Waals surface area contributed by atoms with E-state index in [1.54, 1.807) is 47.2 Å². The van der Waals surface area contributed by atoms with Gasteiger partial charge in [0.15, 0.2) is 5.82 Å². The molecule has 2 N–H and O–H groups in total. The minimum atomic E-state index is -0.991. The molecule has 2 fully saturated rings. The molecule has 2 aliphatic rings. The number of hydrogen-bond acceptors (Lipinski definition) is 6. The Kier molecular flexibility index (Phi) is 9.96. The summed E-state index contributed by atoms with van der Waals surface area (Å²) in [4.78, 5) is 44.0. The number of carbonyl (C=O) groups is 3. The van der Waals surface area contributed by atoms with Crippen LogP contribution in [0, 0.1) is 11.7 Å². The zero-order valence-corrected chi connectivity index (χ0v) is 24.5. The van der Waals surface area contributed by atoms with Gasteiger partial charge in [-0.3, -0.25) is 9.59 Å². The Bertz CT molecular complexity index is 1400. The number of aryl methyl sites for hydroxylation is 1. The molecular formula is C31H39FN8O3. The van der Waals surface area contributed by atoms with Crippen molar-refractivity contribution in [3.8, 4) is 11.4 Å². The molecule has 0 spiro atoms. The maximum atomic E-state index is 13.7. The first kappa shape index (κ1) is 30.1. The van der Waals surface area contributed by atoms with Gasteiger partial charge in [-0.05, 0) is 78.3 Å². The van der Waals surface area contributed by atoms with Gasteiger partial charge in [-0.1, -0.05) is 37.1 Å². The molecule has 0 aliphatic carbocycles. The van der Waals surface area contributed by atoms with Gasteiger partial charge >= 0.3 is 6.03 Å². The third-order valence-corrected chi connectivity index (χ3v) is 8.21. The summed E-state index contributed by atoms with van der Waals surface area (Å²) >= 11 is 0. The van der Waals surface area contributed by atoms with E-state index in [-0.39, 0.29) is 30.0 Å². The number of carbonyl (C=O) groups excluding carboxylic acids is 3. The smallest absolute Gasteiger partial charge is 0.319 e. The second kappa shape index (κ2) is 14.2. The minimum absolute atomic E-state index is 0.114. The highest BCUT2D eigenvalue weighted by atomic mass is 19.1. The van der Waals surface area contributed by atoms with Gasteiger partial charge in [-0.2, -0.15) is 0 Å². The number of nitrogens with zero attached hydrogens (tertiary/aromatic N) is 6. The molecular weight excluding hydrogens is 551 g/mol. The standard InChI is InChI=1S/C31H39FN8O3/c1-38-29(35-36-37-38)24-9-6-10-26(19-24)33-31(43)34-27(30(42)39-15-4-2-3-5-16-39)20-28(41)40-17-7-8-23(21-40)18-22-11-13-25(32)14-12-22/h6,9-14,19,23,27H,2-5,7-8,15-18,20-21H2,1H3,(H2,33,34,43)/t23-,27-/m0/s1. The molecule has 12 heteroatoms. The number of likely N-dealkylation sites (tertiary alicyclic amines) is 2. The van der Waals surface area contributed by atoms with Crippen LogP contribution in [0.5, 0.6) is 0 Å². The molecule has 0 radical (unpaired) electrons. The van der Waals surface area contributed by atoms with Gasteiger partial charge in [0.2, 0.25) is 11.8 Å². The first-order valence-electron chi connectivity index (χ1n) is 15.1. The molecule has 0 saturated carbocycles. The number of urea groups is 1. The summed E-state index contributed by atoms with van der Waals surface area (Å²) in [5.41, 5.74) is 2.26. The number of tetrazole rings is 1. The molecule has 0 bridgehead atoms. The zero-order valence-electron chi connectivity index (χ0n) is 24.5. The second-order valence-electron chi connectivity index (χ2n) is 11.5. The molecule has 2 aromatic carbocycles. The number of aromatic nitrogens is 4. The van der Waals surface area contributed by atoms with Crippen molar-refractivity contribution in [3.05, 3.63) is 59.9 Å². The predicted octanol–water partition coefficient (Wildman–Crippen LogP) is 3.78. The number of piperidine rings is 1. The minimum Gasteiger partial charge on any atom is -0.342 e. The lowest BCUT2D eigenvalue weighted by Crippen LogP contribution is -2.52. The van der Waals surface area contributed by atoms with Crippen molar-refractivity contribution in [2.45, 2.75) is 57.4 Å². The van der Waals surface area contributed by atoms with Gasteiger partial charge in [0.05, 0.1) is 6.42 Å². The van der Waals surface area contributed by atoms with Crippen molar-refractivity contribution in [2.75, 3.05) is 31.5 Å². The number of amides is 4. The molecule has 2 atom stereocenters. The van der Waals surface area contributed by atoms with E-state index in [1.807, 2.05) is 6.07 Å². The normalized spacial score (nSPS) is 18.0. The molecule has 3 heterocycles. The third-order valence-electron chi connectivity index (χ3n) is 8.21. The quantitative estimate of drug-likeness (QED) is 0.412. The van der Waals surface area contributed by atoms with Crippen LogP contribution in [0.2, 0.25) is 0 Å². The molecule has 1 aromatic heterocycles. The summed E-state index contributed by atoms with van der Waals surface area (Å²) in [6.07, 6.45) is 6.39. The summed E-state index contributed by atoms with van der Waals surface area (Å²) in [5.74, 6) is 0.133. The topological polar surface area (TPSA) is 125 Å². The zero-order chi connectivity index (χ0) is 30.2. The van der Waals surface area contributed by atoms with E-state index in [4.69, 9.17) is 0 Å². The van der Waals surface area contributed by atoms with Crippen LogP contribution in [0.25, 0.3) is 11.4 Å². The third kappa shape index (κ3) is 8.14. The first-order chi connectivity index (χ1) is 20.9. The molecule has 2 aliphatic heterocycles. The fourth-order valence-electron chi connectivity index (χ4n) is 5.96. The van der Waals surface area contributed by atoms with Crippen LogP contribution < -0.4 is 10.6 Å². The van der Waals surface area contributed by atoms with Gasteiger partial charge in [-0.25, -0.2) is 13.9 Å². The van der Waals surface area contributed by atoms with E-state index in [2.05, 4.69) is 26.2 Å². The summed E-state index contributed by atoms with van der Waals surface area (Å²) in [7, 11) is 1.73. The van der Waals surface area contributed by atoms with E-state index in [1.165, 1.54) is 16.8 Å². The van der Waals surface area contributed by atoms with Crippen molar-refractivity contribution in [2.24, 2.45) is 13.0 Å². The summed E-state index contributed by atoms with van der Waals surface area (Å²) < 4.78 is 14.9. The van der Waals surface area contributed by atoms with Gasteiger partial charge in [0, 0.05) is 44.5 Å². The predicted molar refractivity (Wildman–Crippen MR) is 159 cm³/mol. The van der Waals surface area contributed by atoms with Gasteiger partial charge < -0.3 is 20.4 Å². The van der Waals surface area contributed by atoms with Crippen molar-refractivity contribution in [1.82, 2.24) is 35.3 Å². The Morgan fingerprint density at radius 3 is 2.44 bits per heavy atom. The van der Waals surface area contributed by atoms with Gasteiger partial charge in [-0.15, -0.1) is 5.10 Å². The van der Waals surface area contributed by atoms with Crippen LogP contribution in [0.4, 0.5) is 14.9 Å². The Morgan fingerprint density at radius 1 is 0.977 bits per heavy atom. The van der Waals surface area contributed by atoms with Crippen LogP contribution in [0.15, 0.2) is 48.5 Å². The van der Waals surface area contributed by atoms with Crippen molar-refractivity contribution >= 4 is 23.5 Å². The Balaban J connectivity index is 1.25. The summed E-state index contributed by atoms with van der Waals surface area (Å²) in [6, 6.07) is 12.0. The summed E-state index contributed by atoms with van der Waals surface area (Å²) in [6.45, 7) is 2.41. The molecule has 2 saturated heterocycles. The molecule has 4 amide bonds. The Morgan fingerprint density at radius 2 is 1.72 bits per heavy atom. The lowest BCUT2D eigenvalue weighted by Gasteiger charge is -2.34. The number of nitrogens with one attached hydrogen (secondary N) is 2. The molecule has 228 valence electrons. The molecule has 0 unspecified atom stereocenters. The van der Waals surface area contributed by atoms with E-state index in [0.29, 0.717) is 37.7 Å². The van der Waals surface area contributed by atoms with Crippen molar-refractivity contribution < 1.29 is 18.8 Å². The highest BCUT2D eigenvalue weighted by Gasteiger charge is 2.32. The molecule has 3 aromatic rings. The number of hydrogen-bond donors (Lipinski definition) is 2. The number of rotatable bonds is 8. The fourth-order valence-corrected chi connectivity index (χ4v) is 5.96. The second-order valence-corrected chi connectivity index (χ2v) is 11.5. The van der Waals surface area contributed by atoms with Gasteiger partial charge in [0.1, 0.15) is 11.9 Å². The Labute approximate surface area is 250 Å². The fraction of sp³-hybridized carbons (Fsp3) is 0.484. The van der Waals surface area contributed by atoms with Crippen LogP contribution in [0.3, 0.4) is 0 Å². The van der Waals surface area contributed by atoms with Crippen LogP contribution in [0.1, 0.15) is 50.5 Å². The van der Waals surface area contributed by atoms with E-state index in [9.17, 15) is 18.8 Å². The molecule has 11 nitrogen and oxygen atoms in total. The van der Waals surface area contributed by atoms with Gasteiger partial charge in [0.25, 0.3) is 0 Å².